The largest absolute Gasteiger partial charge is 0.465 e. The molecule has 0 unspecified atom stereocenters. The molecule has 0 saturated carbocycles. The van der Waals surface area contributed by atoms with E-state index in [0.29, 0.717) is 64.8 Å². The molecule has 1 fully saturated rings. The molecule has 3 N–H and O–H groups in total. The first kappa shape index (κ1) is 30.7. The first-order chi connectivity index (χ1) is 21.0. The van der Waals surface area contributed by atoms with Crippen molar-refractivity contribution in [3.8, 4) is 0 Å². The minimum absolute atomic E-state index is 0.0728. The van der Waals surface area contributed by atoms with E-state index >= 15 is 0 Å². The molecule has 0 atom stereocenters. The van der Waals surface area contributed by atoms with Gasteiger partial charge in [-0.15, -0.1) is 0 Å². The lowest BCUT2D eigenvalue weighted by atomic mass is 9.96. The van der Waals surface area contributed by atoms with E-state index in [1.807, 2.05) is 12.1 Å². The van der Waals surface area contributed by atoms with Gasteiger partial charge in [0, 0.05) is 58.7 Å². The van der Waals surface area contributed by atoms with Crippen LogP contribution in [0, 0.1) is 11.7 Å². The lowest BCUT2D eigenvalue weighted by molar-refractivity contribution is -0.117. The molecule has 4 aromatic rings. The number of benzene rings is 3. The summed E-state index contributed by atoms with van der Waals surface area (Å²) in [5.41, 5.74) is 2.34. The SMILES string of the molecule is CC(C)(C)N(C(=O)O)c1ccc(NC(=O)c2cc3cc(NC(=O)CC4CCOCC4)ccc3n2Cc2ccccc2F)cc1. The van der Waals surface area contributed by atoms with Crippen LogP contribution in [0.5, 0.6) is 0 Å². The van der Waals surface area contributed by atoms with Crippen LogP contribution in [0.3, 0.4) is 0 Å². The number of hydrogen-bond donors (Lipinski definition) is 3. The zero-order valence-electron chi connectivity index (χ0n) is 25.1. The summed E-state index contributed by atoms with van der Waals surface area (Å²) in [6.07, 6.45) is 1.07. The van der Waals surface area contributed by atoms with Gasteiger partial charge in [0.05, 0.1) is 6.54 Å². The van der Waals surface area contributed by atoms with Gasteiger partial charge in [0.1, 0.15) is 11.5 Å². The Morgan fingerprint density at radius 3 is 2.30 bits per heavy atom. The Morgan fingerprint density at radius 1 is 0.955 bits per heavy atom. The van der Waals surface area contributed by atoms with Crippen molar-refractivity contribution in [2.45, 2.75) is 52.1 Å². The van der Waals surface area contributed by atoms with Crippen LogP contribution in [-0.2, 0) is 16.1 Å². The van der Waals surface area contributed by atoms with Gasteiger partial charge < -0.3 is 25.0 Å². The van der Waals surface area contributed by atoms with Crippen LogP contribution < -0.4 is 15.5 Å². The minimum Gasteiger partial charge on any atom is -0.465 e. The van der Waals surface area contributed by atoms with Crippen molar-refractivity contribution in [1.29, 1.82) is 0 Å². The van der Waals surface area contributed by atoms with E-state index in [9.17, 15) is 23.9 Å². The molecule has 0 spiro atoms. The standard InChI is InChI=1S/C34H37FN4O5/c1-34(2,3)39(33(42)43)27-11-8-25(9-12-27)37-32(41)30-20-24-19-26(36-31(40)18-22-14-16-44-17-15-22)10-13-29(24)38(30)21-23-6-4-5-7-28(23)35/h4-13,19-20,22H,14-18,21H2,1-3H3,(H,36,40)(H,37,41)(H,42,43). The Balaban J connectivity index is 1.41. The second-order valence-electron chi connectivity index (χ2n) is 12.1. The number of carboxylic acid groups (broad SMARTS) is 1. The molecule has 0 bridgehead atoms. The van der Waals surface area contributed by atoms with E-state index in [1.54, 1.807) is 79.9 Å². The summed E-state index contributed by atoms with van der Waals surface area (Å²) < 4.78 is 21.8. The fourth-order valence-electron chi connectivity index (χ4n) is 5.60. The Kier molecular flexibility index (Phi) is 9.01. The van der Waals surface area contributed by atoms with E-state index in [2.05, 4.69) is 10.6 Å². The number of hydrogen-bond acceptors (Lipinski definition) is 4. The maximum Gasteiger partial charge on any atom is 0.412 e. The highest BCUT2D eigenvalue weighted by molar-refractivity contribution is 6.07. The molecule has 1 aromatic heterocycles. The van der Waals surface area contributed by atoms with Gasteiger partial charge in [0.2, 0.25) is 5.91 Å². The third-order valence-corrected chi connectivity index (χ3v) is 7.76. The fraction of sp³-hybridized carbons (Fsp3) is 0.324. The number of aromatic nitrogens is 1. The average molecular weight is 601 g/mol. The van der Waals surface area contributed by atoms with Gasteiger partial charge >= 0.3 is 6.09 Å². The number of ether oxygens (including phenoxy) is 1. The number of anilines is 3. The van der Waals surface area contributed by atoms with E-state index < -0.39 is 17.5 Å². The zero-order valence-corrected chi connectivity index (χ0v) is 25.1. The molecule has 0 radical (unpaired) electrons. The molecular weight excluding hydrogens is 563 g/mol. The summed E-state index contributed by atoms with van der Waals surface area (Å²) >= 11 is 0. The van der Waals surface area contributed by atoms with Gasteiger partial charge in [0.15, 0.2) is 0 Å². The molecule has 44 heavy (non-hydrogen) atoms. The topological polar surface area (TPSA) is 113 Å². The number of amides is 3. The maximum absolute atomic E-state index is 14.7. The van der Waals surface area contributed by atoms with Crippen LogP contribution in [0.1, 0.15) is 56.1 Å². The van der Waals surface area contributed by atoms with Crippen LogP contribution in [0.4, 0.5) is 26.2 Å². The van der Waals surface area contributed by atoms with Gasteiger partial charge in [-0.05, 0) is 94.1 Å². The van der Waals surface area contributed by atoms with Crippen molar-refractivity contribution in [1.82, 2.24) is 4.57 Å². The van der Waals surface area contributed by atoms with Crippen molar-refractivity contribution in [3.63, 3.8) is 0 Å². The lowest BCUT2D eigenvalue weighted by Crippen LogP contribution is -2.45. The van der Waals surface area contributed by atoms with E-state index in [4.69, 9.17) is 4.74 Å². The number of nitrogens with one attached hydrogen (secondary N) is 2. The smallest absolute Gasteiger partial charge is 0.412 e. The number of rotatable bonds is 8. The summed E-state index contributed by atoms with van der Waals surface area (Å²) in [6.45, 7) is 6.86. The normalized spacial score (nSPS) is 13.9. The zero-order chi connectivity index (χ0) is 31.4. The third kappa shape index (κ3) is 7.08. The second-order valence-corrected chi connectivity index (χ2v) is 12.1. The molecule has 2 heterocycles. The van der Waals surface area contributed by atoms with Crippen molar-refractivity contribution < 1.29 is 28.6 Å². The first-order valence-corrected chi connectivity index (χ1v) is 14.7. The second kappa shape index (κ2) is 12.9. The number of halogens is 1. The van der Waals surface area contributed by atoms with Crippen LogP contribution in [0.15, 0.2) is 72.8 Å². The van der Waals surface area contributed by atoms with E-state index in [1.165, 1.54) is 11.0 Å². The van der Waals surface area contributed by atoms with Gasteiger partial charge in [-0.25, -0.2) is 9.18 Å². The Hall–Kier alpha value is -4.70. The predicted molar refractivity (Wildman–Crippen MR) is 169 cm³/mol. The molecular formula is C34H37FN4O5. The molecule has 3 aromatic carbocycles. The molecule has 0 aliphatic carbocycles. The Labute approximate surface area is 255 Å². The summed E-state index contributed by atoms with van der Waals surface area (Å²) in [7, 11) is 0. The fourth-order valence-corrected chi connectivity index (χ4v) is 5.60. The summed E-state index contributed by atoms with van der Waals surface area (Å²) in [5.74, 6) is -0.577. The number of fused-ring (bicyclic) bond motifs is 1. The number of nitrogens with zero attached hydrogens (tertiary/aromatic N) is 2. The predicted octanol–water partition coefficient (Wildman–Crippen LogP) is 7.12. The highest BCUT2D eigenvalue weighted by Gasteiger charge is 2.28. The molecule has 10 heteroatoms. The highest BCUT2D eigenvalue weighted by atomic mass is 19.1. The van der Waals surface area contributed by atoms with Gasteiger partial charge in [0.25, 0.3) is 5.91 Å². The van der Waals surface area contributed by atoms with Crippen molar-refractivity contribution >= 4 is 45.9 Å². The molecule has 5 rings (SSSR count). The van der Waals surface area contributed by atoms with Gasteiger partial charge in [-0.1, -0.05) is 18.2 Å². The third-order valence-electron chi connectivity index (χ3n) is 7.76. The summed E-state index contributed by atoms with van der Waals surface area (Å²) in [6, 6.07) is 20.1. The maximum atomic E-state index is 14.7. The van der Waals surface area contributed by atoms with Crippen LogP contribution in [-0.4, -0.2) is 46.3 Å². The molecule has 1 aliphatic heterocycles. The quantitative estimate of drug-likeness (QED) is 0.199. The summed E-state index contributed by atoms with van der Waals surface area (Å²) in [5, 5.41) is 16.3. The Morgan fingerprint density at radius 2 is 1.64 bits per heavy atom. The number of carbonyl (C=O) groups excluding carboxylic acids is 2. The minimum atomic E-state index is -1.08. The van der Waals surface area contributed by atoms with Crippen molar-refractivity contribution in [3.05, 3.63) is 89.9 Å². The van der Waals surface area contributed by atoms with Crippen molar-refractivity contribution in [2.24, 2.45) is 5.92 Å². The van der Waals surface area contributed by atoms with E-state index in [0.717, 1.165) is 12.8 Å². The van der Waals surface area contributed by atoms with Gasteiger partial charge in [-0.2, -0.15) is 0 Å². The van der Waals surface area contributed by atoms with Crippen molar-refractivity contribution in [2.75, 3.05) is 28.7 Å². The van der Waals surface area contributed by atoms with E-state index in [-0.39, 0.29) is 18.3 Å². The monoisotopic (exact) mass is 600 g/mol. The molecule has 3 amide bonds. The molecule has 1 saturated heterocycles. The van der Waals surface area contributed by atoms with Crippen LogP contribution in [0.25, 0.3) is 10.9 Å². The average Bonchev–Trinajstić information content (AvgIpc) is 3.32. The van der Waals surface area contributed by atoms with Crippen LogP contribution >= 0.6 is 0 Å². The van der Waals surface area contributed by atoms with Crippen LogP contribution in [0.2, 0.25) is 0 Å². The van der Waals surface area contributed by atoms with Gasteiger partial charge in [-0.3, -0.25) is 14.5 Å². The number of carbonyl (C=O) groups is 3. The molecule has 230 valence electrons. The summed E-state index contributed by atoms with van der Waals surface area (Å²) in [4.78, 5) is 39.5. The lowest BCUT2D eigenvalue weighted by Gasteiger charge is -2.33. The Bertz CT molecular complexity index is 1670. The molecule has 9 nitrogen and oxygen atoms in total. The first-order valence-electron chi connectivity index (χ1n) is 14.7. The molecule has 1 aliphatic rings. The highest BCUT2D eigenvalue weighted by Crippen LogP contribution is 2.29.